The fourth-order valence-electron chi connectivity index (χ4n) is 4.22. The fraction of sp³-hybridized carbons (Fsp3) is 0.682. The van der Waals surface area contributed by atoms with Crippen molar-refractivity contribution in [3.63, 3.8) is 0 Å². The van der Waals surface area contributed by atoms with E-state index in [0.717, 1.165) is 47.3 Å². The first-order valence-corrected chi connectivity index (χ1v) is 12.5. The highest BCUT2D eigenvalue weighted by Gasteiger charge is 2.25. The number of ether oxygens (including phenoxy) is 1. The Hall–Kier alpha value is -1.14. The standard InChI is InChI=1S/C22H30N2O2S2/c1-13(2)20-23-21(27-12-18(25)26-15-7-5-4-6-8-15)19-16-10-9-14(3)11-17(16)28-22(19)24-20/h13-15H,4-12H2,1-3H3. The van der Waals surface area contributed by atoms with E-state index >= 15 is 0 Å². The number of hydrogen-bond donors (Lipinski definition) is 0. The largest absolute Gasteiger partial charge is 0.462 e. The summed E-state index contributed by atoms with van der Waals surface area (Å²) < 4.78 is 5.71. The molecule has 1 saturated carbocycles. The Morgan fingerprint density at radius 2 is 2.00 bits per heavy atom. The van der Waals surface area contributed by atoms with Crippen LogP contribution < -0.4 is 0 Å². The number of carbonyl (C=O) groups excluding carboxylic acids is 1. The number of hydrogen-bond acceptors (Lipinski definition) is 6. The smallest absolute Gasteiger partial charge is 0.316 e. The van der Waals surface area contributed by atoms with Gasteiger partial charge in [0.25, 0.3) is 0 Å². The van der Waals surface area contributed by atoms with Gasteiger partial charge in [-0.15, -0.1) is 11.3 Å². The van der Waals surface area contributed by atoms with Crippen molar-refractivity contribution in [3.8, 4) is 0 Å². The van der Waals surface area contributed by atoms with Crippen molar-refractivity contribution >= 4 is 39.3 Å². The van der Waals surface area contributed by atoms with E-state index in [1.54, 1.807) is 0 Å². The predicted octanol–water partition coefficient (Wildman–Crippen LogP) is 5.91. The number of nitrogens with zero attached hydrogens (tertiary/aromatic N) is 2. The molecule has 152 valence electrons. The summed E-state index contributed by atoms with van der Waals surface area (Å²) >= 11 is 3.37. The van der Waals surface area contributed by atoms with E-state index in [0.29, 0.717) is 5.75 Å². The van der Waals surface area contributed by atoms with Crippen LogP contribution in [-0.4, -0.2) is 27.8 Å². The SMILES string of the molecule is CC1CCc2c(sc3nc(C(C)C)nc(SCC(=O)OC4CCCCC4)c23)C1. The van der Waals surface area contributed by atoms with Crippen molar-refractivity contribution < 1.29 is 9.53 Å². The summed E-state index contributed by atoms with van der Waals surface area (Å²) in [6.07, 6.45) is 9.23. The predicted molar refractivity (Wildman–Crippen MR) is 116 cm³/mol. The van der Waals surface area contributed by atoms with Gasteiger partial charge in [-0.25, -0.2) is 9.97 Å². The zero-order valence-electron chi connectivity index (χ0n) is 17.1. The summed E-state index contributed by atoms with van der Waals surface area (Å²) in [5.74, 6) is 2.12. The molecular weight excluding hydrogens is 388 g/mol. The lowest BCUT2D eigenvalue weighted by molar-refractivity contribution is -0.147. The van der Waals surface area contributed by atoms with Crippen molar-refractivity contribution in [2.24, 2.45) is 5.92 Å². The second-order valence-electron chi connectivity index (χ2n) is 8.61. The Balaban J connectivity index is 1.56. The highest BCUT2D eigenvalue weighted by Crippen LogP contribution is 2.41. The molecule has 0 aromatic carbocycles. The minimum Gasteiger partial charge on any atom is -0.462 e. The second kappa shape index (κ2) is 8.70. The minimum absolute atomic E-state index is 0.104. The van der Waals surface area contributed by atoms with Gasteiger partial charge in [0.1, 0.15) is 21.8 Å². The summed E-state index contributed by atoms with van der Waals surface area (Å²) in [5, 5.41) is 2.17. The molecule has 4 rings (SSSR count). The van der Waals surface area contributed by atoms with Crippen molar-refractivity contribution in [1.29, 1.82) is 0 Å². The van der Waals surface area contributed by atoms with Gasteiger partial charge in [0.05, 0.1) is 5.75 Å². The van der Waals surface area contributed by atoms with Crippen molar-refractivity contribution in [2.75, 3.05) is 5.75 Å². The number of aryl methyl sites for hydroxylation is 1. The molecule has 0 radical (unpaired) electrons. The molecule has 4 nitrogen and oxygen atoms in total. The first kappa shape index (κ1) is 20.1. The van der Waals surface area contributed by atoms with Crippen molar-refractivity contribution in [3.05, 3.63) is 16.3 Å². The Bertz CT molecular complexity index is 856. The monoisotopic (exact) mass is 418 g/mol. The number of carbonyl (C=O) groups is 1. The van der Waals surface area contributed by atoms with E-state index in [2.05, 4.69) is 20.8 Å². The van der Waals surface area contributed by atoms with Gasteiger partial charge in [-0.2, -0.15) is 0 Å². The van der Waals surface area contributed by atoms with Gasteiger partial charge >= 0.3 is 5.97 Å². The molecule has 2 aliphatic rings. The lowest BCUT2D eigenvalue weighted by atomic mass is 9.89. The third kappa shape index (κ3) is 4.38. The van der Waals surface area contributed by atoms with Crippen LogP contribution in [0, 0.1) is 5.92 Å². The molecule has 2 aromatic heterocycles. The van der Waals surface area contributed by atoms with Crippen LogP contribution in [0.5, 0.6) is 0 Å². The first-order valence-electron chi connectivity index (χ1n) is 10.7. The van der Waals surface area contributed by atoms with Crippen LogP contribution in [-0.2, 0) is 22.4 Å². The summed E-state index contributed by atoms with van der Waals surface area (Å²) in [5.41, 5.74) is 1.43. The molecule has 2 heterocycles. The maximum Gasteiger partial charge on any atom is 0.316 e. The minimum atomic E-state index is -0.104. The van der Waals surface area contributed by atoms with Crippen LogP contribution in [0.2, 0.25) is 0 Å². The van der Waals surface area contributed by atoms with Gasteiger partial charge in [0.15, 0.2) is 0 Å². The lowest BCUT2D eigenvalue weighted by Crippen LogP contribution is -2.22. The second-order valence-corrected chi connectivity index (χ2v) is 10.7. The van der Waals surface area contributed by atoms with E-state index in [-0.39, 0.29) is 18.0 Å². The molecule has 6 heteroatoms. The number of aromatic nitrogens is 2. The molecule has 0 saturated heterocycles. The zero-order chi connectivity index (χ0) is 19.7. The Morgan fingerprint density at radius 3 is 2.75 bits per heavy atom. The van der Waals surface area contributed by atoms with E-state index in [1.807, 2.05) is 11.3 Å². The molecule has 28 heavy (non-hydrogen) atoms. The fourth-order valence-corrected chi connectivity index (χ4v) is 6.52. The number of esters is 1. The third-order valence-corrected chi connectivity index (χ3v) is 7.93. The molecule has 1 fully saturated rings. The molecule has 1 atom stereocenters. The maximum absolute atomic E-state index is 12.4. The number of fused-ring (bicyclic) bond motifs is 3. The van der Waals surface area contributed by atoms with E-state index in [4.69, 9.17) is 14.7 Å². The molecule has 0 aliphatic heterocycles. The average Bonchev–Trinajstić information content (AvgIpc) is 3.04. The van der Waals surface area contributed by atoms with Crippen molar-refractivity contribution in [2.45, 2.75) is 89.2 Å². The van der Waals surface area contributed by atoms with Crippen molar-refractivity contribution in [1.82, 2.24) is 9.97 Å². The third-order valence-electron chi connectivity index (χ3n) is 5.83. The molecule has 0 amide bonds. The van der Waals surface area contributed by atoms with Gasteiger partial charge in [0.2, 0.25) is 0 Å². The topological polar surface area (TPSA) is 52.1 Å². The van der Waals surface area contributed by atoms with Crippen LogP contribution in [0.4, 0.5) is 0 Å². The van der Waals surface area contributed by atoms with Gasteiger partial charge in [-0.1, -0.05) is 39.0 Å². The Labute approximate surface area is 175 Å². The molecule has 0 spiro atoms. The van der Waals surface area contributed by atoms with Gasteiger partial charge in [-0.3, -0.25) is 4.79 Å². The van der Waals surface area contributed by atoms with E-state index in [1.165, 1.54) is 53.3 Å². The normalized spacial score (nSPS) is 20.5. The van der Waals surface area contributed by atoms with E-state index in [9.17, 15) is 4.79 Å². The molecular formula is C22H30N2O2S2. The average molecular weight is 419 g/mol. The van der Waals surface area contributed by atoms with Gasteiger partial charge in [-0.05, 0) is 56.4 Å². The summed E-state index contributed by atoms with van der Waals surface area (Å²) in [6.45, 7) is 6.58. The van der Waals surface area contributed by atoms with Crippen LogP contribution in [0.1, 0.15) is 81.5 Å². The molecule has 1 unspecified atom stereocenters. The van der Waals surface area contributed by atoms with Crippen LogP contribution in [0.15, 0.2) is 5.03 Å². The van der Waals surface area contributed by atoms with Crippen LogP contribution >= 0.6 is 23.1 Å². The molecule has 2 aliphatic carbocycles. The van der Waals surface area contributed by atoms with Gasteiger partial charge in [0, 0.05) is 16.2 Å². The first-order chi connectivity index (χ1) is 13.5. The summed E-state index contributed by atoms with van der Waals surface area (Å²) in [4.78, 5) is 24.7. The summed E-state index contributed by atoms with van der Waals surface area (Å²) in [6, 6.07) is 0. The van der Waals surface area contributed by atoms with Crippen LogP contribution in [0.3, 0.4) is 0 Å². The van der Waals surface area contributed by atoms with E-state index < -0.39 is 0 Å². The Kier molecular flexibility index (Phi) is 6.26. The van der Waals surface area contributed by atoms with Gasteiger partial charge < -0.3 is 4.74 Å². The number of thioether (sulfide) groups is 1. The highest BCUT2D eigenvalue weighted by molar-refractivity contribution is 8.00. The quantitative estimate of drug-likeness (QED) is 0.343. The molecule has 0 bridgehead atoms. The Morgan fingerprint density at radius 1 is 1.21 bits per heavy atom. The maximum atomic E-state index is 12.4. The lowest BCUT2D eigenvalue weighted by Gasteiger charge is -2.21. The number of rotatable bonds is 5. The zero-order valence-corrected chi connectivity index (χ0v) is 18.8. The number of thiophene rings is 1. The molecule has 2 aromatic rings. The molecule has 0 N–H and O–H groups in total. The highest BCUT2D eigenvalue weighted by atomic mass is 32.2. The van der Waals surface area contributed by atoms with Crippen LogP contribution in [0.25, 0.3) is 10.2 Å². The summed E-state index contributed by atoms with van der Waals surface area (Å²) in [7, 11) is 0.